The second kappa shape index (κ2) is 4.21. The summed E-state index contributed by atoms with van der Waals surface area (Å²) in [6.45, 7) is 3.55. The smallest absolute Gasteiger partial charge is 0.0354 e. The van der Waals surface area contributed by atoms with Crippen LogP contribution in [0.15, 0.2) is 48.5 Å². The summed E-state index contributed by atoms with van der Waals surface area (Å²) in [7, 11) is 0. The molecule has 1 nitrogen and oxygen atoms in total. The maximum Gasteiger partial charge on any atom is 0.0354 e. The molecule has 0 aromatic heterocycles. The van der Waals surface area contributed by atoms with Crippen LogP contribution in [0.1, 0.15) is 36.4 Å². The standard InChI is InChI=1S/C18H19N/c1-12-15-9-10-19-18(12)17-11-14(7-8-16(15)17)13-5-3-2-4-6-13/h2-8,11-12,15,18-19H,9-10H2,1H3/t12-,15?,18?/m0/s1. The summed E-state index contributed by atoms with van der Waals surface area (Å²) in [6.07, 6.45) is 1.29. The summed E-state index contributed by atoms with van der Waals surface area (Å²) >= 11 is 0. The molecule has 1 aliphatic heterocycles. The summed E-state index contributed by atoms with van der Waals surface area (Å²) < 4.78 is 0. The van der Waals surface area contributed by atoms with E-state index in [-0.39, 0.29) is 0 Å². The number of piperidine rings is 1. The normalized spacial score (nSPS) is 28.2. The van der Waals surface area contributed by atoms with Crippen LogP contribution in [-0.4, -0.2) is 6.54 Å². The Bertz CT molecular complexity index is 602. The fraction of sp³-hybridized carbons (Fsp3) is 0.333. The highest BCUT2D eigenvalue weighted by molar-refractivity contribution is 5.66. The van der Waals surface area contributed by atoms with E-state index in [0.717, 1.165) is 18.4 Å². The summed E-state index contributed by atoms with van der Waals surface area (Å²) in [4.78, 5) is 0. The molecule has 1 heteroatoms. The fourth-order valence-corrected chi connectivity index (χ4v) is 3.90. The Morgan fingerprint density at radius 1 is 0.947 bits per heavy atom. The third-order valence-corrected chi connectivity index (χ3v) is 4.91. The lowest BCUT2D eigenvalue weighted by molar-refractivity contribution is 0.300. The van der Waals surface area contributed by atoms with Crippen molar-refractivity contribution >= 4 is 0 Å². The van der Waals surface area contributed by atoms with Gasteiger partial charge in [-0.15, -0.1) is 0 Å². The van der Waals surface area contributed by atoms with Crippen molar-refractivity contribution in [3.05, 3.63) is 59.7 Å². The van der Waals surface area contributed by atoms with Gasteiger partial charge in [0.2, 0.25) is 0 Å². The average Bonchev–Trinajstić information content (AvgIpc) is 2.63. The van der Waals surface area contributed by atoms with Crippen LogP contribution in [0.25, 0.3) is 11.1 Å². The van der Waals surface area contributed by atoms with Crippen molar-refractivity contribution in [2.24, 2.45) is 5.92 Å². The van der Waals surface area contributed by atoms with Crippen LogP contribution in [0.2, 0.25) is 0 Å². The van der Waals surface area contributed by atoms with E-state index in [1.807, 2.05) is 0 Å². The molecule has 1 heterocycles. The van der Waals surface area contributed by atoms with Crippen LogP contribution in [0.4, 0.5) is 0 Å². The molecule has 1 aliphatic carbocycles. The first-order chi connectivity index (χ1) is 9.34. The molecular formula is C18H19N. The number of nitrogens with one attached hydrogen (secondary N) is 1. The van der Waals surface area contributed by atoms with Crippen molar-refractivity contribution in [2.75, 3.05) is 6.54 Å². The number of benzene rings is 2. The molecule has 1 fully saturated rings. The van der Waals surface area contributed by atoms with Crippen LogP contribution in [0.5, 0.6) is 0 Å². The first-order valence-electron chi connectivity index (χ1n) is 7.27. The van der Waals surface area contributed by atoms with Crippen LogP contribution in [0, 0.1) is 5.92 Å². The summed E-state index contributed by atoms with van der Waals surface area (Å²) in [5.41, 5.74) is 5.79. The van der Waals surface area contributed by atoms with Crippen LogP contribution in [-0.2, 0) is 0 Å². The predicted molar refractivity (Wildman–Crippen MR) is 79.1 cm³/mol. The van der Waals surface area contributed by atoms with E-state index in [1.54, 1.807) is 5.56 Å². The summed E-state index contributed by atoms with van der Waals surface area (Å²) in [6, 6.07) is 18.3. The van der Waals surface area contributed by atoms with E-state index < -0.39 is 0 Å². The van der Waals surface area contributed by atoms with E-state index in [9.17, 15) is 0 Å². The maximum absolute atomic E-state index is 3.70. The Labute approximate surface area is 114 Å². The van der Waals surface area contributed by atoms with Gasteiger partial charge in [0.1, 0.15) is 0 Å². The van der Waals surface area contributed by atoms with E-state index in [1.165, 1.54) is 23.1 Å². The molecule has 2 aromatic rings. The Balaban J connectivity index is 1.82. The quantitative estimate of drug-likeness (QED) is 0.801. The van der Waals surface area contributed by atoms with Crippen molar-refractivity contribution in [2.45, 2.75) is 25.3 Å². The highest BCUT2D eigenvalue weighted by Crippen LogP contribution is 2.49. The Morgan fingerprint density at radius 3 is 2.63 bits per heavy atom. The minimum absolute atomic E-state index is 0.567. The van der Waals surface area contributed by atoms with Crippen molar-refractivity contribution in [1.82, 2.24) is 5.32 Å². The molecular weight excluding hydrogens is 230 g/mol. The van der Waals surface area contributed by atoms with Crippen molar-refractivity contribution in [3.8, 4) is 11.1 Å². The SMILES string of the molecule is C[C@H]1C2CCNC1c1cc(-c3ccccc3)ccc12. The van der Waals surface area contributed by atoms with Gasteiger partial charge in [-0.05, 0) is 53.1 Å². The summed E-state index contributed by atoms with van der Waals surface area (Å²) in [5.74, 6) is 1.51. The van der Waals surface area contributed by atoms with Gasteiger partial charge in [0, 0.05) is 6.04 Å². The van der Waals surface area contributed by atoms with Gasteiger partial charge < -0.3 is 5.32 Å². The van der Waals surface area contributed by atoms with E-state index >= 15 is 0 Å². The zero-order valence-corrected chi connectivity index (χ0v) is 11.3. The first kappa shape index (κ1) is 11.2. The van der Waals surface area contributed by atoms with Crippen LogP contribution >= 0.6 is 0 Å². The molecule has 4 rings (SSSR count). The Morgan fingerprint density at radius 2 is 1.79 bits per heavy atom. The number of hydrogen-bond acceptors (Lipinski definition) is 1. The van der Waals surface area contributed by atoms with Gasteiger partial charge in [-0.3, -0.25) is 0 Å². The predicted octanol–water partition coefficient (Wildman–Crippen LogP) is 4.12. The molecule has 0 spiro atoms. The minimum Gasteiger partial charge on any atom is -0.310 e. The fourth-order valence-electron chi connectivity index (χ4n) is 3.90. The Kier molecular flexibility index (Phi) is 2.49. The van der Waals surface area contributed by atoms with Crippen molar-refractivity contribution in [3.63, 3.8) is 0 Å². The molecule has 2 aromatic carbocycles. The highest BCUT2D eigenvalue weighted by Gasteiger charge is 2.40. The number of rotatable bonds is 1. The van der Waals surface area contributed by atoms with Crippen LogP contribution in [0.3, 0.4) is 0 Å². The van der Waals surface area contributed by atoms with Gasteiger partial charge in [0.05, 0.1) is 0 Å². The molecule has 2 aliphatic rings. The monoisotopic (exact) mass is 249 g/mol. The third-order valence-electron chi connectivity index (χ3n) is 4.91. The zero-order chi connectivity index (χ0) is 12.8. The van der Waals surface area contributed by atoms with Crippen molar-refractivity contribution < 1.29 is 0 Å². The topological polar surface area (TPSA) is 12.0 Å². The number of hydrogen-bond donors (Lipinski definition) is 1. The van der Waals surface area contributed by atoms with Gasteiger partial charge in [0.25, 0.3) is 0 Å². The maximum atomic E-state index is 3.70. The second-order valence-electron chi connectivity index (χ2n) is 5.90. The lowest BCUT2D eigenvalue weighted by Crippen LogP contribution is -2.31. The molecule has 0 radical (unpaired) electrons. The molecule has 96 valence electrons. The van der Waals surface area contributed by atoms with Crippen LogP contribution < -0.4 is 5.32 Å². The van der Waals surface area contributed by atoms with Gasteiger partial charge >= 0.3 is 0 Å². The average molecular weight is 249 g/mol. The molecule has 2 unspecified atom stereocenters. The third kappa shape index (κ3) is 1.65. The largest absolute Gasteiger partial charge is 0.310 e. The molecule has 3 atom stereocenters. The lowest BCUT2D eigenvalue weighted by Gasteiger charge is -2.28. The minimum atomic E-state index is 0.567. The summed E-state index contributed by atoms with van der Waals surface area (Å²) in [5, 5.41) is 3.70. The van der Waals surface area contributed by atoms with Gasteiger partial charge in [-0.25, -0.2) is 0 Å². The van der Waals surface area contributed by atoms with Gasteiger partial charge in [-0.1, -0.05) is 49.4 Å². The zero-order valence-electron chi connectivity index (χ0n) is 11.3. The molecule has 0 saturated carbocycles. The van der Waals surface area contributed by atoms with E-state index in [4.69, 9.17) is 0 Å². The lowest BCUT2D eigenvalue weighted by atomic mass is 9.87. The second-order valence-corrected chi connectivity index (χ2v) is 5.90. The van der Waals surface area contributed by atoms with Gasteiger partial charge in [-0.2, -0.15) is 0 Å². The first-order valence-corrected chi connectivity index (χ1v) is 7.27. The molecule has 1 saturated heterocycles. The molecule has 0 amide bonds. The Hall–Kier alpha value is -1.60. The van der Waals surface area contributed by atoms with E-state index in [0.29, 0.717) is 6.04 Å². The van der Waals surface area contributed by atoms with Gasteiger partial charge in [0.15, 0.2) is 0 Å². The highest BCUT2D eigenvalue weighted by atomic mass is 14.9. The van der Waals surface area contributed by atoms with E-state index in [2.05, 4.69) is 60.8 Å². The van der Waals surface area contributed by atoms with Crippen molar-refractivity contribution in [1.29, 1.82) is 0 Å². The molecule has 1 N–H and O–H groups in total. The molecule has 19 heavy (non-hydrogen) atoms. The molecule has 2 bridgehead atoms. The number of fused-ring (bicyclic) bond motifs is 5.